The highest BCUT2D eigenvalue weighted by molar-refractivity contribution is 5.95. The zero-order valence-electron chi connectivity index (χ0n) is 19.7. The SMILES string of the molecule is COC(=O)N1c2ccc3c(nc(Cc4ccccc4)n3[C@@H]3CCC[C@H](C(=O)O)C3)c2CCC1C. The number of carbonyl (C=O) groups excluding carboxylic acids is 1. The first-order valence-electron chi connectivity index (χ1n) is 12.1. The van der Waals surface area contributed by atoms with E-state index in [-0.39, 0.29) is 24.1 Å². The third kappa shape index (κ3) is 3.93. The number of hydrogen-bond acceptors (Lipinski definition) is 4. The van der Waals surface area contributed by atoms with Crippen LogP contribution >= 0.6 is 0 Å². The lowest BCUT2D eigenvalue weighted by Crippen LogP contribution is -2.42. The summed E-state index contributed by atoms with van der Waals surface area (Å²) in [5.41, 5.74) is 5.05. The van der Waals surface area contributed by atoms with Crippen LogP contribution in [0.15, 0.2) is 42.5 Å². The summed E-state index contributed by atoms with van der Waals surface area (Å²) in [6, 6.07) is 14.5. The second-order valence-electron chi connectivity index (χ2n) is 9.57. The molecule has 7 nitrogen and oxygen atoms in total. The van der Waals surface area contributed by atoms with Crippen LogP contribution in [0.4, 0.5) is 10.5 Å². The van der Waals surface area contributed by atoms with E-state index in [9.17, 15) is 14.7 Å². The quantitative estimate of drug-likeness (QED) is 0.566. The number of carbonyl (C=O) groups is 2. The number of ether oxygens (including phenoxy) is 1. The van der Waals surface area contributed by atoms with Crippen LogP contribution in [0.1, 0.15) is 62.0 Å². The van der Waals surface area contributed by atoms with E-state index in [1.807, 2.05) is 37.3 Å². The maximum atomic E-state index is 12.6. The van der Waals surface area contributed by atoms with E-state index in [4.69, 9.17) is 9.72 Å². The van der Waals surface area contributed by atoms with Crippen LogP contribution in [0.25, 0.3) is 11.0 Å². The Balaban J connectivity index is 1.65. The third-order valence-corrected chi connectivity index (χ3v) is 7.46. The number of aromatic nitrogens is 2. The van der Waals surface area contributed by atoms with Gasteiger partial charge in [0.2, 0.25) is 0 Å². The molecule has 1 N–H and O–H groups in total. The minimum Gasteiger partial charge on any atom is -0.481 e. The molecule has 0 bridgehead atoms. The molecule has 0 saturated heterocycles. The van der Waals surface area contributed by atoms with E-state index in [1.165, 1.54) is 12.7 Å². The topological polar surface area (TPSA) is 84.7 Å². The van der Waals surface area contributed by atoms with Crippen molar-refractivity contribution >= 4 is 28.8 Å². The molecule has 1 amide bonds. The van der Waals surface area contributed by atoms with Crippen molar-refractivity contribution in [2.75, 3.05) is 12.0 Å². The highest BCUT2D eigenvalue weighted by Gasteiger charge is 2.34. The lowest BCUT2D eigenvalue weighted by molar-refractivity contribution is -0.143. The van der Waals surface area contributed by atoms with Crippen molar-refractivity contribution in [2.24, 2.45) is 5.92 Å². The van der Waals surface area contributed by atoms with Crippen molar-refractivity contribution in [3.8, 4) is 0 Å². The Morgan fingerprint density at radius 2 is 1.91 bits per heavy atom. The molecule has 1 aliphatic heterocycles. The largest absolute Gasteiger partial charge is 0.481 e. The summed E-state index contributed by atoms with van der Waals surface area (Å²) in [6.07, 6.45) is 5.19. The Bertz CT molecular complexity index is 1220. The predicted molar refractivity (Wildman–Crippen MR) is 130 cm³/mol. The molecule has 1 saturated carbocycles. The van der Waals surface area contributed by atoms with Gasteiger partial charge in [-0.3, -0.25) is 9.69 Å². The van der Waals surface area contributed by atoms with Gasteiger partial charge in [0.25, 0.3) is 0 Å². The molecule has 3 aromatic rings. The molecule has 1 aliphatic carbocycles. The Morgan fingerprint density at radius 1 is 1.12 bits per heavy atom. The van der Waals surface area contributed by atoms with Gasteiger partial charge in [-0.1, -0.05) is 36.8 Å². The number of fused-ring (bicyclic) bond motifs is 3. The number of hydrogen-bond donors (Lipinski definition) is 1. The number of benzene rings is 2. The Hall–Kier alpha value is -3.35. The molecule has 1 aromatic heterocycles. The number of nitrogens with zero attached hydrogens (tertiary/aromatic N) is 3. The van der Waals surface area contributed by atoms with Gasteiger partial charge >= 0.3 is 12.1 Å². The minimum atomic E-state index is -0.709. The van der Waals surface area contributed by atoms with E-state index in [2.05, 4.69) is 16.7 Å². The highest BCUT2D eigenvalue weighted by atomic mass is 16.5. The number of aliphatic carboxylic acids is 1. The fourth-order valence-corrected chi connectivity index (χ4v) is 5.76. The number of imidazole rings is 1. The number of anilines is 1. The van der Waals surface area contributed by atoms with Gasteiger partial charge in [0.1, 0.15) is 5.82 Å². The van der Waals surface area contributed by atoms with Crippen molar-refractivity contribution in [3.63, 3.8) is 0 Å². The first-order chi connectivity index (χ1) is 16.5. The summed E-state index contributed by atoms with van der Waals surface area (Å²) in [7, 11) is 1.41. The van der Waals surface area contributed by atoms with Crippen molar-refractivity contribution in [3.05, 3.63) is 59.4 Å². The molecule has 178 valence electrons. The molecular formula is C27H31N3O4. The first-order valence-corrected chi connectivity index (χ1v) is 12.1. The van der Waals surface area contributed by atoms with Crippen LogP contribution in [0, 0.1) is 5.92 Å². The molecular weight excluding hydrogens is 430 g/mol. The average Bonchev–Trinajstić information content (AvgIpc) is 3.22. The van der Waals surface area contributed by atoms with Gasteiger partial charge in [0, 0.05) is 24.1 Å². The fraction of sp³-hybridized carbons (Fsp3) is 0.444. The van der Waals surface area contributed by atoms with Crippen molar-refractivity contribution in [1.29, 1.82) is 0 Å². The van der Waals surface area contributed by atoms with Gasteiger partial charge in [-0.05, 0) is 56.7 Å². The monoisotopic (exact) mass is 461 g/mol. The maximum absolute atomic E-state index is 12.6. The molecule has 34 heavy (non-hydrogen) atoms. The summed E-state index contributed by atoms with van der Waals surface area (Å²) in [5, 5.41) is 9.68. The van der Waals surface area contributed by atoms with Gasteiger partial charge in [-0.2, -0.15) is 0 Å². The summed E-state index contributed by atoms with van der Waals surface area (Å²) >= 11 is 0. The fourth-order valence-electron chi connectivity index (χ4n) is 5.76. The number of rotatable bonds is 4. The number of aryl methyl sites for hydroxylation is 1. The van der Waals surface area contributed by atoms with E-state index in [1.54, 1.807) is 4.90 Å². The lowest BCUT2D eigenvalue weighted by atomic mass is 9.85. The number of carboxylic acid groups (broad SMARTS) is 1. The number of methoxy groups -OCH3 is 1. The van der Waals surface area contributed by atoms with Gasteiger partial charge in [-0.15, -0.1) is 0 Å². The standard InChI is InChI=1S/C27H31N3O4/c1-17-11-12-21-22(29(17)27(33)34-2)13-14-23-25(21)28-24(15-18-7-4-3-5-8-18)30(23)20-10-6-9-19(16-20)26(31)32/h3-5,7-8,13-14,17,19-20H,6,9-12,15-16H2,1-2H3,(H,31,32)/t17?,19-,20+/m0/s1. The Morgan fingerprint density at radius 3 is 2.65 bits per heavy atom. The summed E-state index contributed by atoms with van der Waals surface area (Å²) in [5.74, 6) is -0.0817. The minimum absolute atomic E-state index is 0.0537. The average molecular weight is 462 g/mol. The normalized spacial score (nSPS) is 22.4. The Labute approximate surface area is 199 Å². The zero-order valence-corrected chi connectivity index (χ0v) is 19.7. The zero-order chi connectivity index (χ0) is 23.8. The van der Waals surface area contributed by atoms with Crippen LogP contribution < -0.4 is 4.90 Å². The van der Waals surface area contributed by atoms with Crippen LogP contribution in [0.5, 0.6) is 0 Å². The molecule has 2 aliphatic rings. The van der Waals surface area contributed by atoms with E-state index in [0.717, 1.165) is 60.2 Å². The van der Waals surface area contributed by atoms with Crippen molar-refractivity contribution in [2.45, 2.75) is 64.0 Å². The predicted octanol–water partition coefficient (Wildman–Crippen LogP) is 5.35. The lowest BCUT2D eigenvalue weighted by Gasteiger charge is -2.34. The van der Waals surface area contributed by atoms with Crippen LogP contribution in [0.3, 0.4) is 0 Å². The van der Waals surface area contributed by atoms with Gasteiger partial charge in [0.05, 0.1) is 29.7 Å². The molecule has 5 rings (SSSR count). The van der Waals surface area contributed by atoms with Crippen LogP contribution in [0.2, 0.25) is 0 Å². The van der Waals surface area contributed by atoms with E-state index < -0.39 is 5.97 Å². The molecule has 1 fully saturated rings. The highest BCUT2D eigenvalue weighted by Crippen LogP contribution is 2.40. The van der Waals surface area contributed by atoms with E-state index >= 15 is 0 Å². The Kier molecular flexibility index (Phi) is 6.02. The molecule has 0 spiro atoms. The van der Waals surface area contributed by atoms with Gasteiger partial charge in [0.15, 0.2) is 0 Å². The number of carboxylic acids is 1. The van der Waals surface area contributed by atoms with E-state index in [0.29, 0.717) is 12.8 Å². The maximum Gasteiger partial charge on any atom is 0.414 e. The molecule has 2 aromatic carbocycles. The van der Waals surface area contributed by atoms with Gasteiger partial charge in [-0.25, -0.2) is 9.78 Å². The molecule has 1 unspecified atom stereocenters. The third-order valence-electron chi connectivity index (χ3n) is 7.46. The summed E-state index contributed by atoms with van der Waals surface area (Å²) in [4.78, 5) is 31.2. The smallest absolute Gasteiger partial charge is 0.414 e. The number of amides is 1. The van der Waals surface area contributed by atoms with Crippen LogP contribution in [-0.4, -0.2) is 39.9 Å². The molecule has 7 heteroatoms. The second kappa shape index (κ2) is 9.12. The first kappa shape index (κ1) is 22.4. The summed E-state index contributed by atoms with van der Waals surface area (Å²) in [6.45, 7) is 2.04. The van der Waals surface area contributed by atoms with Crippen LogP contribution in [-0.2, 0) is 22.4 Å². The van der Waals surface area contributed by atoms with Crippen molar-refractivity contribution < 1.29 is 19.4 Å². The molecule has 0 radical (unpaired) electrons. The second-order valence-corrected chi connectivity index (χ2v) is 9.57. The summed E-state index contributed by atoms with van der Waals surface area (Å²) < 4.78 is 7.36. The molecule has 2 heterocycles. The van der Waals surface area contributed by atoms with Gasteiger partial charge < -0.3 is 14.4 Å². The van der Waals surface area contributed by atoms with Crippen molar-refractivity contribution in [1.82, 2.24) is 9.55 Å². The molecule has 3 atom stereocenters.